The van der Waals surface area contributed by atoms with Gasteiger partial charge < -0.3 is 10.1 Å². The Balaban J connectivity index is 1.89. The van der Waals surface area contributed by atoms with Crippen LogP contribution in [0, 0.1) is 0 Å². The van der Waals surface area contributed by atoms with Gasteiger partial charge in [0.15, 0.2) is 0 Å². The van der Waals surface area contributed by atoms with Gasteiger partial charge in [-0.2, -0.15) is 0 Å². The van der Waals surface area contributed by atoms with Crippen LogP contribution in [0.2, 0.25) is 0 Å². The maximum atomic E-state index is 12.8. The average Bonchev–Trinajstić information content (AvgIpc) is 2.62. The molecular weight excluding hydrogens is 322 g/mol. The number of amides is 1. The molecule has 0 spiro atoms. The standard InChI is InChI=1S/C18H19N3O2S/c1-23-12-6-7-15-14(10-12)13(8-9-19-15)18(22)21-17-5-3-2-4-16(17)20-11-24/h6-10,16-17H,2-5H2,1H3,(H,21,22). The van der Waals surface area contributed by atoms with Gasteiger partial charge in [-0.3, -0.25) is 9.78 Å². The number of pyridine rings is 1. The Bertz CT molecular complexity index is 802. The van der Waals surface area contributed by atoms with E-state index in [1.54, 1.807) is 19.4 Å². The molecule has 1 heterocycles. The van der Waals surface area contributed by atoms with E-state index in [4.69, 9.17) is 17.0 Å². The Hall–Kier alpha value is -2.30. The summed E-state index contributed by atoms with van der Waals surface area (Å²) >= 11 is 4.73. The largest absolute Gasteiger partial charge is 0.497 e. The van der Waals surface area contributed by atoms with E-state index in [0.717, 1.165) is 36.6 Å². The molecule has 124 valence electrons. The van der Waals surface area contributed by atoms with Crippen molar-refractivity contribution in [1.82, 2.24) is 10.3 Å². The van der Waals surface area contributed by atoms with E-state index < -0.39 is 0 Å². The van der Waals surface area contributed by atoms with Crippen LogP contribution in [-0.4, -0.2) is 35.2 Å². The first-order valence-corrected chi connectivity index (χ1v) is 8.44. The van der Waals surface area contributed by atoms with E-state index in [0.29, 0.717) is 11.3 Å². The third kappa shape index (κ3) is 3.45. The second kappa shape index (κ2) is 7.51. The zero-order chi connectivity index (χ0) is 16.9. The topological polar surface area (TPSA) is 63.6 Å². The van der Waals surface area contributed by atoms with Crippen molar-refractivity contribution in [3.63, 3.8) is 0 Å². The molecule has 0 radical (unpaired) electrons. The highest BCUT2D eigenvalue weighted by atomic mass is 32.1. The maximum Gasteiger partial charge on any atom is 0.252 e. The van der Waals surface area contributed by atoms with Crippen LogP contribution in [0.25, 0.3) is 10.9 Å². The van der Waals surface area contributed by atoms with Crippen molar-refractivity contribution in [2.24, 2.45) is 4.99 Å². The van der Waals surface area contributed by atoms with Crippen LogP contribution < -0.4 is 10.1 Å². The zero-order valence-corrected chi connectivity index (χ0v) is 14.3. The van der Waals surface area contributed by atoms with Crippen molar-refractivity contribution in [3.8, 4) is 5.75 Å². The number of aromatic nitrogens is 1. The van der Waals surface area contributed by atoms with Gasteiger partial charge in [0.1, 0.15) is 5.75 Å². The second-order valence-electron chi connectivity index (χ2n) is 5.89. The van der Waals surface area contributed by atoms with E-state index >= 15 is 0 Å². The number of methoxy groups -OCH3 is 1. The first kappa shape index (κ1) is 16.6. The number of nitrogens with zero attached hydrogens (tertiary/aromatic N) is 2. The smallest absolute Gasteiger partial charge is 0.252 e. The van der Waals surface area contributed by atoms with Gasteiger partial charge in [0.05, 0.1) is 35.4 Å². The van der Waals surface area contributed by atoms with Crippen molar-refractivity contribution in [2.45, 2.75) is 37.8 Å². The lowest BCUT2D eigenvalue weighted by Gasteiger charge is -2.28. The van der Waals surface area contributed by atoms with Gasteiger partial charge in [0.2, 0.25) is 0 Å². The highest BCUT2D eigenvalue weighted by molar-refractivity contribution is 7.78. The number of fused-ring (bicyclic) bond motifs is 1. The highest BCUT2D eigenvalue weighted by Gasteiger charge is 2.26. The summed E-state index contributed by atoms with van der Waals surface area (Å²) in [4.78, 5) is 21.3. The summed E-state index contributed by atoms with van der Waals surface area (Å²) in [6.45, 7) is 0. The minimum atomic E-state index is -0.118. The van der Waals surface area contributed by atoms with Gasteiger partial charge in [-0.1, -0.05) is 12.8 Å². The fourth-order valence-electron chi connectivity index (χ4n) is 3.20. The molecule has 1 fully saturated rings. The fourth-order valence-corrected chi connectivity index (χ4v) is 3.33. The molecule has 2 aromatic rings. The molecule has 1 amide bonds. The molecule has 0 bridgehead atoms. The van der Waals surface area contributed by atoms with E-state index in [1.165, 1.54) is 0 Å². The van der Waals surface area contributed by atoms with Gasteiger partial charge in [-0.05, 0) is 49.3 Å². The van der Waals surface area contributed by atoms with E-state index in [1.807, 2.05) is 18.2 Å². The van der Waals surface area contributed by atoms with Crippen molar-refractivity contribution < 1.29 is 9.53 Å². The number of ether oxygens (including phenoxy) is 1. The molecule has 0 aliphatic heterocycles. The predicted molar refractivity (Wildman–Crippen MR) is 96.8 cm³/mol. The van der Waals surface area contributed by atoms with Crippen LogP contribution in [0.15, 0.2) is 35.5 Å². The molecule has 1 aliphatic rings. The van der Waals surface area contributed by atoms with E-state index in [-0.39, 0.29) is 18.0 Å². The summed E-state index contributed by atoms with van der Waals surface area (Å²) in [5, 5.41) is 6.35. The number of hydrogen-bond donors (Lipinski definition) is 1. The number of carbonyl (C=O) groups excluding carboxylic acids is 1. The molecule has 6 heteroatoms. The Morgan fingerprint density at radius 3 is 3.00 bits per heavy atom. The average molecular weight is 341 g/mol. The Morgan fingerprint density at radius 2 is 2.21 bits per heavy atom. The van der Waals surface area contributed by atoms with Gasteiger partial charge in [0.25, 0.3) is 5.91 Å². The number of hydrogen-bond acceptors (Lipinski definition) is 5. The summed E-state index contributed by atoms with van der Waals surface area (Å²) in [5.41, 5.74) is 1.36. The maximum absolute atomic E-state index is 12.8. The SMILES string of the molecule is COc1ccc2nccc(C(=O)NC3CCCCC3N=C=S)c2c1. The second-order valence-corrected chi connectivity index (χ2v) is 6.08. The monoisotopic (exact) mass is 341 g/mol. The minimum absolute atomic E-state index is 0.00415. The van der Waals surface area contributed by atoms with Crippen LogP contribution in [0.4, 0.5) is 0 Å². The number of thiocarbonyl (C=S) groups is 1. The highest BCUT2D eigenvalue weighted by Crippen LogP contribution is 2.24. The normalized spacial score (nSPS) is 20.2. The number of rotatable bonds is 4. The predicted octanol–water partition coefficient (Wildman–Crippen LogP) is 3.39. The minimum Gasteiger partial charge on any atom is -0.497 e. The Morgan fingerprint density at radius 1 is 1.38 bits per heavy atom. The lowest BCUT2D eigenvalue weighted by atomic mass is 9.90. The molecule has 24 heavy (non-hydrogen) atoms. The quantitative estimate of drug-likeness (QED) is 0.684. The zero-order valence-electron chi connectivity index (χ0n) is 13.5. The van der Waals surface area contributed by atoms with Crippen molar-refractivity contribution in [2.75, 3.05) is 7.11 Å². The van der Waals surface area contributed by atoms with E-state index in [2.05, 4.69) is 20.5 Å². The fraction of sp³-hybridized carbons (Fsp3) is 0.389. The Labute approximate surface area is 146 Å². The molecule has 1 aromatic carbocycles. The van der Waals surface area contributed by atoms with Crippen LogP contribution in [0.1, 0.15) is 36.0 Å². The molecule has 2 atom stereocenters. The van der Waals surface area contributed by atoms with Gasteiger partial charge in [0, 0.05) is 11.6 Å². The summed E-state index contributed by atoms with van der Waals surface area (Å²) < 4.78 is 5.26. The van der Waals surface area contributed by atoms with Crippen molar-refractivity contribution >= 4 is 34.2 Å². The lowest BCUT2D eigenvalue weighted by Crippen LogP contribution is -2.44. The van der Waals surface area contributed by atoms with Crippen molar-refractivity contribution in [1.29, 1.82) is 0 Å². The number of carbonyl (C=O) groups is 1. The number of benzene rings is 1. The Kier molecular flexibility index (Phi) is 5.18. The number of nitrogens with one attached hydrogen (secondary N) is 1. The molecule has 3 rings (SSSR count). The summed E-state index contributed by atoms with van der Waals surface area (Å²) in [5.74, 6) is 0.581. The molecule has 2 unspecified atom stereocenters. The molecule has 1 aromatic heterocycles. The van der Waals surface area contributed by atoms with Gasteiger partial charge >= 0.3 is 0 Å². The van der Waals surface area contributed by atoms with Crippen LogP contribution >= 0.6 is 12.2 Å². The molecule has 1 saturated carbocycles. The lowest BCUT2D eigenvalue weighted by molar-refractivity contribution is 0.0923. The van der Waals surface area contributed by atoms with Crippen LogP contribution in [-0.2, 0) is 0 Å². The van der Waals surface area contributed by atoms with Gasteiger partial charge in [-0.25, -0.2) is 4.99 Å². The molecular formula is C18H19N3O2S. The third-order valence-corrected chi connectivity index (χ3v) is 4.56. The van der Waals surface area contributed by atoms with Crippen molar-refractivity contribution in [3.05, 3.63) is 36.0 Å². The van der Waals surface area contributed by atoms with E-state index in [9.17, 15) is 4.79 Å². The molecule has 1 N–H and O–H groups in total. The van der Waals surface area contributed by atoms with Gasteiger partial charge in [-0.15, -0.1) is 0 Å². The first-order chi connectivity index (χ1) is 11.7. The summed E-state index contributed by atoms with van der Waals surface area (Å²) in [6.07, 6.45) is 5.67. The van der Waals surface area contributed by atoms with Crippen LogP contribution in [0.5, 0.6) is 5.75 Å². The molecule has 5 nitrogen and oxygen atoms in total. The van der Waals surface area contributed by atoms with Crippen LogP contribution in [0.3, 0.4) is 0 Å². The molecule has 1 aliphatic carbocycles. The third-order valence-electron chi connectivity index (χ3n) is 4.46. The summed E-state index contributed by atoms with van der Waals surface area (Å²) in [7, 11) is 1.60. The number of isothiocyanates is 1. The molecule has 0 saturated heterocycles. The number of aliphatic imine (C=N–C) groups is 1. The first-order valence-electron chi connectivity index (χ1n) is 8.03. The summed E-state index contributed by atoms with van der Waals surface area (Å²) in [6, 6.07) is 7.27.